The van der Waals surface area contributed by atoms with E-state index in [-0.39, 0.29) is 0 Å². The van der Waals surface area contributed by atoms with Crippen LogP contribution in [0.25, 0.3) is 0 Å². The second-order valence-electron chi connectivity index (χ2n) is 6.49. The molecule has 0 saturated heterocycles. The molecule has 83 valence electrons. The van der Waals surface area contributed by atoms with E-state index < -0.39 is 8.07 Å². The smallest absolute Gasteiger partial charge is 0.0473 e. The number of hydrogen-bond acceptors (Lipinski definition) is 0. The third-order valence-electron chi connectivity index (χ3n) is 3.77. The second-order valence-corrected chi connectivity index (χ2v) is 12.0. The molecule has 1 heteroatoms. The summed E-state index contributed by atoms with van der Waals surface area (Å²) in [6.45, 7) is 12.2. The Labute approximate surface area is 91.5 Å². The van der Waals surface area contributed by atoms with Crippen molar-refractivity contribution in [3.63, 3.8) is 0 Å². The summed E-state index contributed by atoms with van der Waals surface area (Å²) in [7, 11) is -0.833. The molecule has 0 spiro atoms. The van der Waals surface area contributed by atoms with Crippen LogP contribution in [0.15, 0.2) is 0 Å². The minimum atomic E-state index is -0.833. The summed E-state index contributed by atoms with van der Waals surface area (Å²) in [5.74, 6) is 2.65. The zero-order valence-electron chi connectivity index (χ0n) is 10.7. The fourth-order valence-electron chi connectivity index (χ4n) is 2.81. The fourth-order valence-corrected chi connectivity index (χ4v) is 4.88. The topological polar surface area (TPSA) is 0 Å². The lowest BCUT2D eigenvalue weighted by Crippen LogP contribution is -2.31. The van der Waals surface area contributed by atoms with E-state index >= 15 is 0 Å². The van der Waals surface area contributed by atoms with Gasteiger partial charge < -0.3 is 0 Å². The summed E-state index contributed by atoms with van der Waals surface area (Å²) < 4.78 is 0. The molecule has 1 saturated carbocycles. The lowest BCUT2D eigenvalue weighted by Gasteiger charge is -2.36. The Morgan fingerprint density at radius 1 is 1.00 bits per heavy atom. The highest BCUT2D eigenvalue weighted by Crippen LogP contribution is 2.41. The Hall–Kier alpha value is 0.217. The highest BCUT2D eigenvalue weighted by atomic mass is 28.3. The molecule has 0 aromatic rings. The van der Waals surface area contributed by atoms with Crippen LogP contribution in [0.4, 0.5) is 0 Å². The predicted molar refractivity (Wildman–Crippen MR) is 68.3 cm³/mol. The molecule has 0 unspecified atom stereocenters. The van der Waals surface area contributed by atoms with Crippen LogP contribution < -0.4 is 0 Å². The van der Waals surface area contributed by atoms with E-state index in [1.165, 1.54) is 32.1 Å². The average molecular weight is 211 g/mol. The van der Waals surface area contributed by atoms with Gasteiger partial charge in [-0.2, -0.15) is 0 Å². The van der Waals surface area contributed by atoms with Gasteiger partial charge in [0, 0.05) is 8.07 Å². The van der Waals surface area contributed by atoms with Gasteiger partial charge >= 0.3 is 0 Å². The SMILES string of the molecule is C[C](C)CC1CCC([Si](C)(C)C)CC1. The molecule has 1 radical (unpaired) electrons. The van der Waals surface area contributed by atoms with Crippen molar-refractivity contribution in [2.75, 3.05) is 0 Å². The number of rotatable bonds is 3. The summed E-state index contributed by atoms with van der Waals surface area (Å²) in [5.41, 5.74) is 1.11. The van der Waals surface area contributed by atoms with Gasteiger partial charge in [-0.1, -0.05) is 59.2 Å². The first kappa shape index (κ1) is 12.3. The van der Waals surface area contributed by atoms with Gasteiger partial charge in [0.2, 0.25) is 0 Å². The minimum Gasteiger partial charge on any atom is -0.0693 e. The molecule has 0 N–H and O–H groups in total. The van der Waals surface area contributed by atoms with Gasteiger partial charge in [0.05, 0.1) is 0 Å². The largest absolute Gasteiger partial charge is 0.0693 e. The molecule has 0 nitrogen and oxygen atoms in total. The lowest BCUT2D eigenvalue weighted by atomic mass is 9.83. The third-order valence-corrected chi connectivity index (χ3v) is 6.80. The molecular weight excluding hydrogens is 184 g/mol. The van der Waals surface area contributed by atoms with Crippen LogP contribution in [0, 0.1) is 11.8 Å². The summed E-state index contributed by atoms with van der Waals surface area (Å²) >= 11 is 0. The van der Waals surface area contributed by atoms with Crippen LogP contribution in [0.3, 0.4) is 0 Å². The molecule has 1 aliphatic rings. The zero-order chi connectivity index (χ0) is 10.8. The maximum Gasteiger partial charge on any atom is 0.0473 e. The first-order valence-corrected chi connectivity index (χ1v) is 9.76. The van der Waals surface area contributed by atoms with Crippen molar-refractivity contribution in [1.82, 2.24) is 0 Å². The summed E-state index contributed by atoms with van der Waals surface area (Å²) in [5, 5.41) is 0. The average Bonchev–Trinajstić information content (AvgIpc) is 2.02. The molecule has 0 aromatic heterocycles. The summed E-state index contributed by atoms with van der Waals surface area (Å²) in [6.07, 6.45) is 7.43. The molecule has 1 fully saturated rings. The Balaban J connectivity index is 2.31. The molecule has 0 amide bonds. The van der Waals surface area contributed by atoms with E-state index in [1.807, 2.05) is 0 Å². The van der Waals surface area contributed by atoms with Gasteiger partial charge in [0.15, 0.2) is 0 Å². The molecule has 0 aliphatic heterocycles. The van der Waals surface area contributed by atoms with Gasteiger partial charge in [-0.3, -0.25) is 0 Å². The molecule has 0 heterocycles. The van der Waals surface area contributed by atoms with Gasteiger partial charge in [0.1, 0.15) is 0 Å². The summed E-state index contributed by atoms with van der Waals surface area (Å²) in [4.78, 5) is 0. The highest BCUT2D eigenvalue weighted by molar-refractivity contribution is 6.77. The van der Waals surface area contributed by atoms with Crippen LogP contribution in [-0.4, -0.2) is 8.07 Å². The Bertz CT molecular complexity index is 159. The maximum atomic E-state index is 2.54. The van der Waals surface area contributed by atoms with Crippen molar-refractivity contribution in [3.8, 4) is 0 Å². The second kappa shape index (κ2) is 4.83. The van der Waals surface area contributed by atoms with Crippen molar-refractivity contribution in [2.24, 2.45) is 5.92 Å². The van der Waals surface area contributed by atoms with E-state index in [2.05, 4.69) is 33.5 Å². The molecule has 1 aliphatic carbocycles. The van der Waals surface area contributed by atoms with Crippen LogP contribution in [0.1, 0.15) is 46.0 Å². The van der Waals surface area contributed by atoms with Gasteiger partial charge in [-0.05, 0) is 23.8 Å². The quantitative estimate of drug-likeness (QED) is 0.583. The fraction of sp³-hybridized carbons (Fsp3) is 0.923. The van der Waals surface area contributed by atoms with E-state index in [0.717, 1.165) is 11.5 Å². The van der Waals surface area contributed by atoms with Gasteiger partial charge in [0.25, 0.3) is 0 Å². The van der Waals surface area contributed by atoms with Crippen LogP contribution in [0.5, 0.6) is 0 Å². The van der Waals surface area contributed by atoms with Crippen molar-refractivity contribution in [2.45, 2.75) is 71.1 Å². The standard InChI is InChI=1S/C13H27Si/c1-11(2)10-12-6-8-13(9-7-12)14(3,4)5/h12-13H,6-10H2,1-5H3. The van der Waals surface area contributed by atoms with E-state index in [0.29, 0.717) is 0 Å². The molecule has 14 heavy (non-hydrogen) atoms. The van der Waals surface area contributed by atoms with Crippen molar-refractivity contribution >= 4 is 8.07 Å². The third kappa shape index (κ3) is 3.76. The van der Waals surface area contributed by atoms with Gasteiger partial charge in [-0.15, -0.1) is 0 Å². The lowest BCUT2D eigenvalue weighted by molar-refractivity contribution is 0.341. The molecule has 0 bridgehead atoms. The molecule has 0 atom stereocenters. The van der Waals surface area contributed by atoms with Gasteiger partial charge in [-0.25, -0.2) is 0 Å². The van der Waals surface area contributed by atoms with Crippen LogP contribution in [0.2, 0.25) is 25.2 Å². The normalized spacial score (nSPS) is 29.6. The van der Waals surface area contributed by atoms with E-state index in [1.54, 1.807) is 5.92 Å². The Kier molecular flexibility index (Phi) is 4.24. The van der Waals surface area contributed by atoms with Crippen LogP contribution >= 0.6 is 0 Å². The minimum absolute atomic E-state index is 0.833. The summed E-state index contributed by atoms with van der Waals surface area (Å²) in [6, 6.07) is 0. The molecular formula is C13H27Si. The monoisotopic (exact) mass is 211 g/mol. The van der Waals surface area contributed by atoms with E-state index in [9.17, 15) is 0 Å². The number of hydrogen-bond donors (Lipinski definition) is 0. The zero-order valence-corrected chi connectivity index (χ0v) is 11.7. The predicted octanol–water partition coefficient (Wildman–Crippen LogP) is 4.89. The molecule has 0 aromatic carbocycles. The van der Waals surface area contributed by atoms with Crippen molar-refractivity contribution < 1.29 is 0 Å². The molecule has 1 rings (SSSR count). The maximum absolute atomic E-state index is 2.54. The first-order chi connectivity index (χ1) is 6.39. The Morgan fingerprint density at radius 2 is 1.50 bits per heavy atom. The first-order valence-electron chi connectivity index (χ1n) is 6.18. The van der Waals surface area contributed by atoms with E-state index in [4.69, 9.17) is 0 Å². The Morgan fingerprint density at radius 3 is 1.86 bits per heavy atom. The van der Waals surface area contributed by atoms with Crippen molar-refractivity contribution in [1.29, 1.82) is 0 Å². The van der Waals surface area contributed by atoms with Crippen LogP contribution in [-0.2, 0) is 0 Å². The highest BCUT2D eigenvalue weighted by Gasteiger charge is 2.30. The van der Waals surface area contributed by atoms with Crippen molar-refractivity contribution in [3.05, 3.63) is 5.92 Å².